The largest absolute Gasteiger partial charge is 0.494 e. The van der Waals surface area contributed by atoms with Crippen molar-refractivity contribution in [3.05, 3.63) is 46.9 Å². The number of aromatic nitrogens is 2. The Kier molecular flexibility index (Phi) is 4.45. The van der Waals surface area contributed by atoms with Crippen molar-refractivity contribution in [2.75, 3.05) is 11.9 Å². The second-order valence-electron chi connectivity index (χ2n) is 4.29. The third kappa shape index (κ3) is 3.32. The van der Waals surface area contributed by atoms with E-state index in [0.717, 1.165) is 16.3 Å². The van der Waals surface area contributed by atoms with Crippen molar-refractivity contribution in [3.8, 4) is 16.3 Å². The molecule has 112 valence electrons. The lowest BCUT2D eigenvalue weighted by Crippen LogP contribution is -2.11. The Morgan fingerprint density at radius 2 is 2.09 bits per heavy atom. The van der Waals surface area contributed by atoms with Crippen LogP contribution in [0, 0.1) is 0 Å². The molecule has 0 aliphatic rings. The number of carbonyl (C=O) groups is 1. The van der Waals surface area contributed by atoms with E-state index in [1.807, 2.05) is 36.6 Å². The zero-order chi connectivity index (χ0) is 15.4. The molecule has 0 aliphatic heterocycles. The molecule has 1 N–H and O–H groups in total. The lowest BCUT2D eigenvalue weighted by molar-refractivity contribution is 0.102. The van der Waals surface area contributed by atoms with Crippen molar-refractivity contribution >= 4 is 33.7 Å². The summed E-state index contributed by atoms with van der Waals surface area (Å²) in [6.45, 7) is 2.58. The normalized spacial score (nSPS) is 10.4. The van der Waals surface area contributed by atoms with Crippen LogP contribution in [0.2, 0.25) is 0 Å². The summed E-state index contributed by atoms with van der Waals surface area (Å²) in [7, 11) is 0. The van der Waals surface area contributed by atoms with Gasteiger partial charge < -0.3 is 4.74 Å². The molecule has 2 aromatic heterocycles. The standard InChI is InChI=1S/C15H13N3O2S2/c1-2-20-11-5-3-10(4-6-11)14-17-12(9-22-14)13(19)18-15-16-7-8-21-15/h3-9H,2H2,1H3,(H,16,18,19). The zero-order valence-corrected chi connectivity index (χ0v) is 13.4. The van der Waals surface area contributed by atoms with Gasteiger partial charge in [-0.15, -0.1) is 22.7 Å². The first kappa shape index (κ1) is 14.7. The van der Waals surface area contributed by atoms with Gasteiger partial charge in [-0.2, -0.15) is 0 Å². The highest BCUT2D eigenvalue weighted by Crippen LogP contribution is 2.26. The van der Waals surface area contributed by atoms with E-state index >= 15 is 0 Å². The van der Waals surface area contributed by atoms with Crippen LogP contribution >= 0.6 is 22.7 Å². The van der Waals surface area contributed by atoms with Crippen LogP contribution < -0.4 is 10.1 Å². The number of amides is 1. The van der Waals surface area contributed by atoms with E-state index in [4.69, 9.17) is 4.74 Å². The van der Waals surface area contributed by atoms with Gasteiger partial charge in [-0.25, -0.2) is 9.97 Å². The molecule has 0 bridgehead atoms. The third-order valence-electron chi connectivity index (χ3n) is 2.80. The van der Waals surface area contributed by atoms with Crippen LogP contribution in [0.15, 0.2) is 41.2 Å². The summed E-state index contributed by atoms with van der Waals surface area (Å²) in [5, 5.41) is 7.64. The van der Waals surface area contributed by atoms with E-state index in [0.29, 0.717) is 17.4 Å². The molecule has 5 nitrogen and oxygen atoms in total. The maximum atomic E-state index is 12.1. The molecule has 0 radical (unpaired) electrons. The quantitative estimate of drug-likeness (QED) is 0.769. The van der Waals surface area contributed by atoms with Gasteiger partial charge in [-0.3, -0.25) is 10.1 Å². The minimum absolute atomic E-state index is 0.247. The first-order valence-corrected chi connectivity index (χ1v) is 8.42. The summed E-state index contributed by atoms with van der Waals surface area (Å²) in [4.78, 5) is 20.5. The van der Waals surface area contributed by atoms with Crippen LogP contribution in [0.3, 0.4) is 0 Å². The van der Waals surface area contributed by atoms with Gasteiger partial charge in [0.05, 0.1) is 6.61 Å². The molecule has 0 saturated carbocycles. The fourth-order valence-electron chi connectivity index (χ4n) is 1.82. The van der Waals surface area contributed by atoms with E-state index < -0.39 is 0 Å². The van der Waals surface area contributed by atoms with Crippen molar-refractivity contribution in [1.82, 2.24) is 9.97 Å². The van der Waals surface area contributed by atoms with Crippen molar-refractivity contribution in [2.24, 2.45) is 0 Å². The average Bonchev–Trinajstić information content (AvgIpc) is 3.19. The number of ether oxygens (including phenoxy) is 1. The van der Waals surface area contributed by atoms with Gasteiger partial charge in [0.15, 0.2) is 5.13 Å². The summed E-state index contributed by atoms with van der Waals surface area (Å²) in [6.07, 6.45) is 1.65. The number of rotatable bonds is 5. The first-order valence-electron chi connectivity index (χ1n) is 6.66. The van der Waals surface area contributed by atoms with Gasteiger partial charge in [-0.05, 0) is 31.2 Å². The van der Waals surface area contributed by atoms with Gasteiger partial charge in [0.1, 0.15) is 16.5 Å². The Labute approximate surface area is 135 Å². The number of anilines is 1. The summed E-state index contributed by atoms with van der Waals surface area (Å²) in [5.41, 5.74) is 1.35. The molecule has 0 aliphatic carbocycles. The summed E-state index contributed by atoms with van der Waals surface area (Å²) in [6, 6.07) is 7.67. The Hall–Kier alpha value is -2.25. The van der Waals surface area contributed by atoms with Crippen molar-refractivity contribution in [1.29, 1.82) is 0 Å². The molecule has 3 rings (SSSR count). The van der Waals surface area contributed by atoms with E-state index in [1.165, 1.54) is 22.7 Å². The van der Waals surface area contributed by atoms with Crippen LogP contribution in [-0.4, -0.2) is 22.5 Å². The SMILES string of the molecule is CCOc1ccc(-c2nc(C(=O)Nc3nccs3)cs2)cc1. The summed E-state index contributed by atoms with van der Waals surface area (Å²) in [5.74, 6) is 0.577. The maximum absolute atomic E-state index is 12.1. The van der Waals surface area contributed by atoms with Crippen LogP contribution in [0.1, 0.15) is 17.4 Å². The lowest BCUT2D eigenvalue weighted by Gasteiger charge is -2.03. The molecule has 3 aromatic rings. The molecule has 22 heavy (non-hydrogen) atoms. The average molecular weight is 331 g/mol. The summed E-state index contributed by atoms with van der Waals surface area (Å²) < 4.78 is 5.41. The molecule has 1 amide bonds. The second kappa shape index (κ2) is 6.67. The molecule has 0 fully saturated rings. The minimum atomic E-state index is -0.247. The molecule has 0 saturated heterocycles. The molecule has 2 heterocycles. The number of thiazole rings is 2. The van der Waals surface area contributed by atoms with Crippen LogP contribution in [0.25, 0.3) is 10.6 Å². The topological polar surface area (TPSA) is 64.1 Å². The van der Waals surface area contributed by atoms with Crippen molar-refractivity contribution in [3.63, 3.8) is 0 Å². The number of carbonyl (C=O) groups excluding carboxylic acids is 1. The maximum Gasteiger partial charge on any atom is 0.276 e. The monoisotopic (exact) mass is 331 g/mol. The highest BCUT2D eigenvalue weighted by molar-refractivity contribution is 7.14. The Morgan fingerprint density at radius 3 is 2.77 bits per heavy atom. The minimum Gasteiger partial charge on any atom is -0.494 e. The van der Waals surface area contributed by atoms with Crippen LogP contribution in [0.5, 0.6) is 5.75 Å². The molecule has 1 aromatic carbocycles. The van der Waals surface area contributed by atoms with Crippen LogP contribution in [-0.2, 0) is 0 Å². The van der Waals surface area contributed by atoms with Crippen molar-refractivity contribution < 1.29 is 9.53 Å². The Balaban J connectivity index is 1.74. The Morgan fingerprint density at radius 1 is 1.27 bits per heavy atom. The fraction of sp³-hybridized carbons (Fsp3) is 0.133. The number of hydrogen-bond acceptors (Lipinski definition) is 6. The molecule has 0 spiro atoms. The molecule has 0 atom stereocenters. The van der Waals surface area contributed by atoms with Crippen LogP contribution in [0.4, 0.5) is 5.13 Å². The van der Waals surface area contributed by atoms with Crippen molar-refractivity contribution in [2.45, 2.75) is 6.92 Å². The molecule has 0 unspecified atom stereocenters. The van der Waals surface area contributed by atoms with E-state index in [2.05, 4.69) is 15.3 Å². The predicted octanol–water partition coefficient (Wildman–Crippen LogP) is 3.92. The zero-order valence-electron chi connectivity index (χ0n) is 11.8. The van der Waals surface area contributed by atoms with Gasteiger partial charge in [0, 0.05) is 22.5 Å². The number of nitrogens with zero attached hydrogens (tertiary/aromatic N) is 2. The first-order chi connectivity index (χ1) is 10.8. The van der Waals surface area contributed by atoms with Gasteiger partial charge >= 0.3 is 0 Å². The number of nitrogens with one attached hydrogen (secondary N) is 1. The number of hydrogen-bond donors (Lipinski definition) is 1. The predicted molar refractivity (Wildman–Crippen MR) is 88.8 cm³/mol. The molecular weight excluding hydrogens is 318 g/mol. The van der Waals surface area contributed by atoms with Gasteiger partial charge in [0.25, 0.3) is 5.91 Å². The third-order valence-corrected chi connectivity index (χ3v) is 4.38. The highest BCUT2D eigenvalue weighted by atomic mass is 32.1. The number of benzene rings is 1. The second-order valence-corrected chi connectivity index (χ2v) is 6.04. The summed E-state index contributed by atoms with van der Waals surface area (Å²) >= 11 is 2.81. The van der Waals surface area contributed by atoms with E-state index in [9.17, 15) is 4.79 Å². The lowest BCUT2D eigenvalue weighted by atomic mass is 10.2. The van der Waals surface area contributed by atoms with E-state index in [-0.39, 0.29) is 5.91 Å². The molecular formula is C15H13N3O2S2. The smallest absolute Gasteiger partial charge is 0.276 e. The van der Waals surface area contributed by atoms with Gasteiger partial charge in [0.2, 0.25) is 0 Å². The Bertz CT molecular complexity index is 751. The van der Waals surface area contributed by atoms with E-state index in [1.54, 1.807) is 11.6 Å². The van der Waals surface area contributed by atoms with Gasteiger partial charge in [-0.1, -0.05) is 0 Å². The fourth-order valence-corrected chi connectivity index (χ4v) is 3.15. The highest BCUT2D eigenvalue weighted by Gasteiger charge is 2.13. The molecule has 7 heteroatoms.